The summed E-state index contributed by atoms with van der Waals surface area (Å²) in [6.07, 6.45) is 0.560. The normalized spacial score (nSPS) is 14.9. The third-order valence-corrected chi connectivity index (χ3v) is 4.22. The molecule has 1 N–H and O–H groups in total. The van der Waals surface area contributed by atoms with E-state index in [1.54, 1.807) is 0 Å². The predicted octanol–water partition coefficient (Wildman–Crippen LogP) is 2.87. The molecular formula is C17H18F3N3O. The van der Waals surface area contributed by atoms with Gasteiger partial charge in [-0.25, -0.2) is 18.2 Å². The van der Waals surface area contributed by atoms with Gasteiger partial charge in [-0.3, -0.25) is 9.69 Å². The van der Waals surface area contributed by atoms with Crippen molar-refractivity contribution in [3.8, 4) is 0 Å². The van der Waals surface area contributed by atoms with Crippen molar-refractivity contribution in [1.82, 2.24) is 14.9 Å². The zero-order valence-corrected chi connectivity index (χ0v) is 13.5. The highest BCUT2D eigenvalue weighted by molar-refractivity contribution is 5.24. The Labute approximate surface area is 137 Å². The van der Waals surface area contributed by atoms with Crippen LogP contribution >= 0.6 is 0 Å². The van der Waals surface area contributed by atoms with E-state index in [-0.39, 0.29) is 23.6 Å². The van der Waals surface area contributed by atoms with Crippen molar-refractivity contribution in [1.29, 1.82) is 0 Å². The van der Waals surface area contributed by atoms with Crippen LogP contribution in [0.25, 0.3) is 0 Å². The Morgan fingerprint density at radius 2 is 2.00 bits per heavy atom. The van der Waals surface area contributed by atoms with Crippen molar-refractivity contribution in [2.75, 3.05) is 6.54 Å². The van der Waals surface area contributed by atoms with Gasteiger partial charge < -0.3 is 4.98 Å². The van der Waals surface area contributed by atoms with Crippen LogP contribution < -0.4 is 5.56 Å². The second kappa shape index (κ2) is 6.39. The maximum atomic E-state index is 13.8. The fourth-order valence-electron chi connectivity index (χ4n) is 2.84. The number of hydrogen-bond acceptors (Lipinski definition) is 3. The molecule has 1 aliphatic rings. The first-order chi connectivity index (χ1) is 11.4. The summed E-state index contributed by atoms with van der Waals surface area (Å²) in [5, 5.41) is 0. The summed E-state index contributed by atoms with van der Waals surface area (Å²) in [7, 11) is 0. The Balaban J connectivity index is 1.83. The molecule has 0 amide bonds. The molecule has 0 bridgehead atoms. The molecule has 0 aliphatic carbocycles. The molecule has 0 spiro atoms. The SMILES string of the molecule is CC(C)c1nc2c(c(=O)[nH]1)CN(Cc1ccc(F)c(F)c1F)CC2. The molecule has 7 heteroatoms. The lowest BCUT2D eigenvalue weighted by molar-refractivity contribution is 0.236. The van der Waals surface area contributed by atoms with Gasteiger partial charge >= 0.3 is 0 Å². The first-order valence-electron chi connectivity index (χ1n) is 7.83. The van der Waals surface area contributed by atoms with Gasteiger partial charge in [-0.2, -0.15) is 0 Å². The molecule has 0 saturated carbocycles. The number of nitrogens with zero attached hydrogens (tertiary/aromatic N) is 2. The summed E-state index contributed by atoms with van der Waals surface area (Å²) in [5.74, 6) is -3.08. The lowest BCUT2D eigenvalue weighted by Crippen LogP contribution is -2.36. The van der Waals surface area contributed by atoms with Crippen LogP contribution in [0.5, 0.6) is 0 Å². The van der Waals surface area contributed by atoms with Crippen LogP contribution in [0.2, 0.25) is 0 Å². The van der Waals surface area contributed by atoms with Crippen molar-refractivity contribution < 1.29 is 13.2 Å². The van der Waals surface area contributed by atoms with Crippen LogP contribution in [0.15, 0.2) is 16.9 Å². The highest BCUT2D eigenvalue weighted by Crippen LogP contribution is 2.21. The molecule has 0 saturated heterocycles. The van der Waals surface area contributed by atoms with E-state index in [0.29, 0.717) is 30.9 Å². The van der Waals surface area contributed by atoms with E-state index in [4.69, 9.17) is 0 Å². The highest BCUT2D eigenvalue weighted by atomic mass is 19.2. The van der Waals surface area contributed by atoms with Crippen LogP contribution in [0, 0.1) is 17.5 Å². The van der Waals surface area contributed by atoms with Gasteiger partial charge in [0.2, 0.25) is 0 Å². The number of rotatable bonds is 3. The van der Waals surface area contributed by atoms with E-state index in [0.717, 1.165) is 11.8 Å². The second-order valence-corrected chi connectivity index (χ2v) is 6.33. The highest BCUT2D eigenvalue weighted by Gasteiger charge is 2.23. The van der Waals surface area contributed by atoms with E-state index in [2.05, 4.69) is 9.97 Å². The number of halogens is 3. The van der Waals surface area contributed by atoms with Gasteiger partial charge in [0, 0.05) is 37.5 Å². The van der Waals surface area contributed by atoms with E-state index in [1.807, 2.05) is 18.7 Å². The number of H-pyrrole nitrogens is 1. The molecule has 0 unspecified atom stereocenters. The summed E-state index contributed by atoms with van der Waals surface area (Å²) in [6.45, 7) is 4.87. The van der Waals surface area contributed by atoms with Gasteiger partial charge in [0.05, 0.1) is 11.3 Å². The number of hydrogen-bond donors (Lipinski definition) is 1. The summed E-state index contributed by atoms with van der Waals surface area (Å²) >= 11 is 0. The number of nitrogens with one attached hydrogen (secondary N) is 1. The quantitative estimate of drug-likeness (QED) is 0.876. The zero-order valence-electron chi connectivity index (χ0n) is 13.5. The summed E-state index contributed by atoms with van der Waals surface area (Å²) < 4.78 is 40.2. The van der Waals surface area contributed by atoms with Crippen LogP contribution in [0.3, 0.4) is 0 Å². The number of aromatic amines is 1. The average Bonchev–Trinajstić information content (AvgIpc) is 2.55. The first-order valence-corrected chi connectivity index (χ1v) is 7.83. The number of fused-ring (bicyclic) bond motifs is 1. The zero-order chi connectivity index (χ0) is 17.4. The molecule has 2 aromatic rings. The number of aromatic nitrogens is 2. The molecule has 2 heterocycles. The molecule has 1 aromatic carbocycles. The van der Waals surface area contributed by atoms with Crippen molar-refractivity contribution in [3.63, 3.8) is 0 Å². The molecule has 4 nitrogen and oxygen atoms in total. The molecule has 3 rings (SSSR count). The van der Waals surface area contributed by atoms with E-state index < -0.39 is 17.5 Å². The van der Waals surface area contributed by atoms with Crippen LogP contribution in [-0.2, 0) is 19.5 Å². The molecule has 0 radical (unpaired) electrons. The lowest BCUT2D eigenvalue weighted by Gasteiger charge is -2.28. The van der Waals surface area contributed by atoms with Crippen LogP contribution in [-0.4, -0.2) is 21.4 Å². The third-order valence-electron chi connectivity index (χ3n) is 4.22. The summed E-state index contributed by atoms with van der Waals surface area (Å²) in [6, 6.07) is 2.14. The topological polar surface area (TPSA) is 49.0 Å². The maximum absolute atomic E-state index is 13.8. The van der Waals surface area contributed by atoms with Gasteiger partial charge in [0.25, 0.3) is 5.56 Å². The molecule has 0 fully saturated rings. The maximum Gasteiger partial charge on any atom is 0.255 e. The minimum Gasteiger partial charge on any atom is -0.310 e. The first kappa shape index (κ1) is 16.7. The van der Waals surface area contributed by atoms with E-state index >= 15 is 0 Å². The second-order valence-electron chi connectivity index (χ2n) is 6.33. The smallest absolute Gasteiger partial charge is 0.255 e. The fraction of sp³-hybridized carbons (Fsp3) is 0.412. The Bertz CT molecular complexity index is 833. The van der Waals surface area contributed by atoms with E-state index in [9.17, 15) is 18.0 Å². The molecule has 24 heavy (non-hydrogen) atoms. The molecule has 1 aliphatic heterocycles. The van der Waals surface area contributed by atoms with Crippen molar-refractivity contribution in [2.45, 2.75) is 39.3 Å². The molecule has 128 valence electrons. The lowest BCUT2D eigenvalue weighted by atomic mass is 10.0. The van der Waals surface area contributed by atoms with Gasteiger partial charge in [-0.15, -0.1) is 0 Å². The number of benzene rings is 1. The van der Waals surface area contributed by atoms with Gasteiger partial charge in [0.15, 0.2) is 17.5 Å². The standard InChI is InChI=1S/C17H18F3N3O/c1-9(2)16-21-13-5-6-23(8-11(13)17(24)22-16)7-10-3-4-12(18)15(20)14(10)19/h3-4,9H,5-8H2,1-2H3,(H,21,22,24). The predicted molar refractivity (Wildman–Crippen MR) is 83.1 cm³/mol. The Hall–Kier alpha value is -2.15. The summed E-state index contributed by atoms with van der Waals surface area (Å²) in [5.41, 5.74) is 1.18. The Morgan fingerprint density at radius 3 is 2.71 bits per heavy atom. The average molecular weight is 337 g/mol. The van der Waals surface area contributed by atoms with Crippen molar-refractivity contribution >= 4 is 0 Å². The van der Waals surface area contributed by atoms with E-state index in [1.165, 1.54) is 6.07 Å². The molecule has 1 aromatic heterocycles. The molecular weight excluding hydrogens is 319 g/mol. The van der Waals surface area contributed by atoms with Crippen molar-refractivity contribution in [2.24, 2.45) is 0 Å². The minimum atomic E-state index is -1.47. The Morgan fingerprint density at radius 1 is 1.25 bits per heavy atom. The fourth-order valence-corrected chi connectivity index (χ4v) is 2.84. The molecule has 0 atom stereocenters. The van der Waals surface area contributed by atoms with Crippen LogP contribution in [0.1, 0.15) is 42.4 Å². The largest absolute Gasteiger partial charge is 0.310 e. The van der Waals surface area contributed by atoms with Gasteiger partial charge in [-0.05, 0) is 6.07 Å². The van der Waals surface area contributed by atoms with Gasteiger partial charge in [-0.1, -0.05) is 19.9 Å². The van der Waals surface area contributed by atoms with Crippen molar-refractivity contribution in [3.05, 3.63) is 62.6 Å². The van der Waals surface area contributed by atoms with Gasteiger partial charge in [0.1, 0.15) is 5.82 Å². The van der Waals surface area contributed by atoms with Crippen LogP contribution in [0.4, 0.5) is 13.2 Å². The Kier molecular flexibility index (Phi) is 4.45. The monoisotopic (exact) mass is 337 g/mol. The summed E-state index contributed by atoms with van der Waals surface area (Å²) in [4.78, 5) is 21.3. The third kappa shape index (κ3) is 3.08. The minimum absolute atomic E-state index is 0.0699.